The fourth-order valence-electron chi connectivity index (χ4n) is 10.1. The minimum atomic E-state index is -0.780. The summed E-state index contributed by atoms with van der Waals surface area (Å²) in [5, 5.41) is 0. The Labute approximate surface area is 473 Å². The van der Waals surface area contributed by atoms with Crippen molar-refractivity contribution in [2.45, 2.75) is 367 Å². The molecule has 76 heavy (non-hydrogen) atoms. The average molecular weight is 1070 g/mol. The highest BCUT2D eigenvalue weighted by Crippen LogP contribution is 2.18. The van der Waals surface area contributed by atoms with Crippen LogP contribution in [0.2, 0.25) is 0 Å². The van der Waals surface area contributed by atoms with Crippen molar-refractivity contribution < 1.29 is 28.6 Å². The second kappa shape index (κ2) is 64.9. The summed E-state index contributed by atoms with van der Waals surface area (Å²) in [6.07, 6.45) is 81.6. The van der Waals surface area contributed by atoms with E-state index in [9.17, 15) is 14.4 Å². The van der Waals surface area contributed by atoms with Crippen LogP contribution < -0.4 is 0 Å². The zero-order valence-corrected chi connectivity index (χ0v) is 51.0. The van der Waals surface area contributed by atoms with Gasteiger partial charge in [0, 0.05) is 19.3 Å². The highest BCUT2D eigenvalue weighted by Gasteiger charge is 2.19. The summed E-state index contributed by atoms with van der Waals surface area (Å²) >= 11 is 0. The van der Waals surface area contributed by atoms with Gasteiger partial charge in [0.05, 0.1) is 0 Å². The van der Waals surface area contributed by atoms with Gasteiger partial charge in [0.15, 0.2) is 6.10 Å². The van der Waals surface area contributed by atoms with Crippen LogP contribution in [0.5, 0.6) is 0 Å². The zero-order valence-electron chi connectivity index (χ0n) is 51.0. The molecule has 0 saturated carbocycles. The Kier molecular flexibility index (Phi) is 62.6. The third kappa shape index (κ3) is 62.2. The molecule has 0 fully saturated rings. The fourth-order valence-corrected chi connectivity index (χ4v) is 10.1. The molecule has 0 N–H and O–H groups in total. The lowest BCUT2D eigenvalue weighted by Gasteiger charge is -2.18. The van der Waals surface area contributed by atoms with E-state index in [-0.39, 0.29) is 31.1 Å². The largest absolute Gasteiger partial charge is 0.462 e. The van der Waals surface area contributed by atoms with Crippen molar-refractivity contribution in [2.24, 2.45) is 0 Å². The van der Waals surface area contributed by atoms with Crippen molar-refractivity contribution in [3.8, 4) is 0 Å². The molecule has 0 aromatic rings. The SMILES string of the molecule is CC/C=C\C/C=C\C/C=C\CCCCCCCCCC(=O)OC(COC(=O)CCCCCCC/C=C\CCC)COC(=O)CCCCCCCCCCCCCCCCCCCCCCCCCCCCCCCCC. The molecule has 6 nitrogen and oxygen atoms in total. The van der Waals surface area contributed by atoms with Crippen LogP contribution in [-0.2, 0) is 28.6 Å². The highest BCUT2D eigenvalue weighted by atomic mass is 16.6. The molecule has 444 valence electrons. The van der Waals surface area contributed by atoms with Gasteiger partial charge >= 0.3 is 17.9 Å². The molecule has 0 radical (unpaired) electrons. The van der Waals surface area contributed by atoms with Gasteiger partial charge in [0.1, 0.15) is 13.2 Å². The van der Waals surface area contributed by atoms with E-state index in [1.165, 1.54) is 225 Å². The first-order chi connectivity index (χ1) is 37.5. The maximum absolute atomic E-state index is 12.9. The van der Waals surface area contributed by atoms with E-state index in [1.807, 2.05) is 0 Å². The lowest BCUT2D eigenvalue weighted by molar-refractivity contribution is -0.167. The van der Waals surface area contributed by atoms with Crippen LogP contribution in [0.3, 0.4) is 0 Å². The van der Waals surface area contributed by atoms with Crippen molar-refractivity contribution in [2.75, 3.05) is 13.2 Å². The van der Waals surface area contributed by atoms with E-state index in [0.29, 0.717) is 19.3 Å². The van der Waals surface area contributed by atoms with Gasteiger partial charge in [-0.1, -0.05) is 320 Å². The molecule has 1 unspecified atom stereocenters. The lowest BCUT2D eigenvalue weighted by Crippen LogP contribution is -2.30. The van der Waals surface area contributed by atoms with Gasteiger partial charge in [0.2, 0.25) is 0 Å². The Morgan fingerprint density at radius 3 is 0.868 bits per heavy atom. The first kappa shape index (κ1) is 73.4. The van der Waals surface area contributed by atoms with Gasteiger partial charge < -0.3 is 14.2 Å². The van der Waals surface area contributed by atoms with Crippen molar-refractivity contribution in [3.63, 3.8) is 0 Å². The summed E-state index contributed by atoms with van der Waals surface area (Å²) < 4.78 is 16.9. The molecule has 0 bridgehead atoms. The molecule has 0 aliphatic rings. The Morgan fingerprint density at radius 1 is 0.276 bits per heavy atom. The molecule has 0 aromatic carbocycles. The van der Waals surface area contributed by atoms with Crippen LogP contribution in [0.15, 0.2) is 48.6 Å². The number of esters is 3. The molecule has 0 amide bonds. The monoisotopic (exact) mass is 1060 g/mol. The molecule has 0 aliphatic carbocycles. The first-order valence-electron chi connectivity index (χ1n) is 33.6. The third-order valence-corrected chi connectivity index (χ3v) is 15.0. The summed E-state index contributed by atoms with van der Waals surface area (Å²) in [4.78, 5) is 38.2. The van der Waals surface area contributed by atoms with Gasteiger partial charge in [-0.3, -0.25) is 14.4 Å². The Morgan fingerprint density at radius 2 is 0.539 bits per heavy atom. The normalized spacial score (nSPS) is 12.3. The number of hydrogen-bond donors (Lipinski definition) is 0. The molecule has 6 heteroatoms. The van der Waals surface area contributed by atoms with Crippen LogP contribution in [0.1, 0.15) is 361 Å². The van der Waals surface area contributed by atoms with Crippen LogP contribution in [-0.4, -0.2) is 37.2 Å². The summed E-state index contributed by atoms with van der Waals surface area (Å²) in [5.74, 6) is -0.880. The predicted molar refractivity (Wildman–Crippen MR) is 330 cm³/mol. The van der Waals surface area contributed by atoms with Crippen LogP contribution in [0.25, 0.3) is 0 Å². The van der Waals surface area contributed by atoms with Crippen LogP contribution in [0.4, 0.5) is 0 Å². The van der Waals surface area contributed by atoms with Gasteiger partial charge in [-0.05, 0) is 70.6 Å². The minimum Gasteiger partial charge on any atom is -0.462 e. The summed E-state index contributed by atoms with van der Waals surface area (Å²) in [6.45, 7) is 6.50. The standard InChI is InChI=1S/C70H128O6/c1-4-7-10-13-16-19-22-24-26-28-29-30-31-32-33-34-35-36-37-38-39-40-41-43-44-46-48-51-54-57-60-63-69(72)75-66-67(65-74-68(71)62-59-56-53-50-21-18-15-12-9-6-3)76-70(73)64-61-58-55-52-49-47-45-42-27-25-23-20-17-14-11-8-5-2/h8,11-12,15,17,20,25,27,67H,4-7,9-10,13-14,16,18-19,21-24,26,28-66H2,1-3H3/b11-8-,15-12-,20-17-,27-25-. The van der Waals surface area contributed by atoms with Crippen LogP contribution in [0, 0.1) is 0 Å². The number of hydrogen-bond acceptors (Lipinski definition) is 6. The van der Waals surface area contributed by atoms with Gasteiger partial charge in [-0.15, -0.1) is 0 Å². The molecule has 0 rings (SSSR count). The van der Waals surface area contributed by atoms with E-state index in [1.54, 1.807) is 0 Å². The third-order valence-electron chi connectivity index (χ3n) is 15.0. The maximum Gasteiger partial charge on any atom is 0.306 e. The van der Waals surface area contributed by atoms with Crippen LogP contribution >= 0.6 is 0 Å². The number of rotatable bonds is 62. The molecule has 0 heterocycles. The average Bonchev–Trinajstić information content (AvgIpc) is 3.42. The summed E-state index contributed by atoms with van der Waals surface area (Å²) in [5.41, 5.74) is 0. The van der Waals surface area contributed by atoms with Gasteiger partial charge in [-0.2, -0.15) is 0 Å². The second-order valence-electron chi connectivity index (χ2n) is 22.7. The molecule has 0 spiro atoms. The van der Waals surface area contributed by atoms with Gasteiger partial charge in [-0.25, -0.2) is 0 Å². The van der Waals surface area contributed by atoms with E-state index in [4.69, 9.17) is 14.2 Å². The fraction of sp³-hybridized carbons (Fsp3) is 0.843. The Bertz CT molecular complexity index is 1310. The molecule has 0 aliphatic heterocycles. The summed E-state index contributed by atoms with van der Waals surface area (Å²) in [6, 6.07) is 0. The van der Waals surface area contributed by atoms with Crippen molar-refractivity contribution in [1.29, 1.82) is 0 Å². The van der Waals surface area contributed by atoms with E-state index < -0.39 is 6.10 Å². The maximum atomic E-state index is 12.9. The van der Waals surface area contributed by atoms with Crippen molar-refractivity contribution in [1.82, 2.24) is 0 Å². The van der Waals surface area contributed by atoms with E-state index in [2.05, 4.69) is 69.4 Å². The number of carbonyl (C=O) groups is 3. The smallest absolute Gasteiger partial charge is 0.306 e. The van der Waals surface area contributed by atoms with Crippen molar-refractivity contribution >= 4 is 17.9 Å². The molecule has 0 saturated heterocycles. The minimum absolute atomic E-state index is 0.0767. The second-order valence-corrected chi connectivity index (χ2v) is 22.7. The topological polar surface area (TPSA) is 78.9 Å². The predicted octanol–water partition coefficient (Wildman–Crippen LogP) is 22.9. The first-order valence-corrected chi connectivity index (χ1v) is 33.6. The van der Waals surface area contributed by atoms with E-state index >= 15 is 0 Å². The zero-order chi connectivity index (χ0) is 55.0. The Hall–Kier alpha value is -2.63. The Balaban J connectivity index is 4.07. The molecule has 0 aromatic heterocycles. The van der Waals surface area contributed by atoms with Crippen molar-refractivity contribution in [3.05, 3.63) is 48.6 Å². The molecular weight excluding hydrogens is 937 g/mol. The quantitative estimate of drug-likeness (QED) is 0.0261. The summed E-state index contributed by atoms with van der Waals surface area (Å²) in [7, 11) is 0. The number of allylic oxidation sites excluding steroid dienone is 8. The molecular formula is C70H128O6. The number of ether oxygens (including phenoxy) is 3. The highest BCUT2D eigenvalue weighted by molar-refractivity contribution is 5.71. The van der Waals surface area contributed by atoms with Gasteiger partial charge in [0.25, 0.3) is 0 Å². The van der Waals surface area contributed by atoms with E-state index in [0.717, 1.165) is 96.3 Å². The number of unbranched alkanes of at least 4 members (excludes halogenated alkanes) is 43. The number of carbonyl (C=O) groups excluding carboxylic acids is 3. The lowest BCUT2D eigenvalue weighted by atomic mass is 10.0. The molecule has 1 atom stereocenters.